The lowest BCUT2D eigenvalue weighted by atomic mass is 10.0. The Balaban J connectivity index is 2.77. The smallest absolute Gasteiger partial charge is 0.318 e. The molecule has 0 radical (unpaired) electrons. The topological polar surface area (TPSA) is 81.7 Å². The third-order valence-corrected chi connectivity index (χ3v) is 2.44. The van der Waals surface area contributed by atoms with Crippen LogP contribution in [-0.4, -0.2) is 32.1 Å². The third-order valence-electron chi connectivity index (χ3n) is 2.44. The highest BCUT2D eigenvalue weighted by Gasteiger charge is 2.30. The van der Waals surface area contributed by atoms with Crippen LogP contribution >= 0.6 is 0 Å². The van der Waals surface area contributed by atoms with Gasteiger partial charge in [0.1, 0.15) is 5.92 Å². The van der Waals surface area contributed by atoms with Gasteiger partial charge in [-0.1, -0.05) is 18.2 Å². The number of hydrogen-bond donors (Lipinski definition) is 1. The number of benzene rings is 1. The standard InChI is InChI=1S/C13H15NO5/c1-18-11(15)8-10(13(17)19-2)12(16)14-9-6-4-3-5-7-9/h3-7,10H,8H2,1-2H3,(H,14,16). The molecule has 102 valence electrons. The molecular weight excluding hydrogens is 250 g/mol. The number of methoxy groups -OCH3 is 2. The average molecular weight is 265 g/mol. The van der Waals surface area contributed by atoms with Gasteiger partial charge in [0, 0.05) is 5.69 Å². The Bertz CT molecular complexity index is 457. The maximum atomic E-state index is 11.9. The van der Waals surface area contributed by atoms with Crippen LogP contribution in [-0.2, 0) is 23.9 Å². The van der Waals surface area contributed by atoms with E-state index in [0.717, 1.165) is 7.11 Å². The zero-order valence-corrected chi connectivity index (χ0v) is 10.7. The van der Waals surface area contributed by atoms with Crippen molar-refractivity contribution in [2.24, 2.45) is 5.92 Å². The van der Waals surface area contributed by atoms with Crippen LogP contribution in [0.2, 0.25) is 0 Å². The zero-order valence-electron chi connectivity index (χ0n) is 10.7. The first-order valence-electron chi connectivity index (χ1n) is 5.59. The van der Waals surface area contributed by atoms with E-state index in [1.54, 1.807) is 30.3 Å². The molecule has 0 aliphatic carbocycles. The molecule has 1 aromatic carbocycles. The van der Waals surface area contributed by atoms with Gasteiger partial charge in [0.05, 0.1) is 20.6 Å². The Hall–Kier alpha value is -2.37. The summed E-state index contributed by atoms with van der Waals surface area (Å²) in [7, 11) is 2.34. The molecule has 0 aliphatic rings. The molecule has 0 bridgehead atoms. The Morgan fingerprint density at radius 3 is 2.26 bits per heavy atom. The second-order valence-electron chi connectivity index (χ2n) is 3.71. The number of esters is 2. The largest absolute Gasteiger partial charge is 0.469 e. The van der Waals surface area contributed by atoms with Gasteiger partial charge < -0.3 is 14.8 Å². The highest BCUT2D eigenvalue weighted by molar-refractivity contribution is 6.06. The lowest BCUT2D eigenvalue weighted by Gasteiger charge is -2.13. The molecule has 1 atom stereocenters. The van der Waals surface area contributed by atoms with E-state index in [2.05, 4.69) is 14.8 Å². The summed E-state index contributed by atoms with van der Waals surface area (Å²) in [4.78, 5) is 34.6. The van der Waals surface area contributed by atoms with Crippen molar-refractivity contribution in [1.29, 1.82) is 0 Å². The van der Waals surface area contributed by atoms with Crippen molar-refractivity contribution in [2.45, 2.75) is 6.42 Å². The van der Waals surface area contributed by atoms with Crippen LogP contribution in [0.3, 0.4) is 0 Å². The van der Waals surface area contributed by atoms with Crippen LogP contribution in [0.1, 0.15) is 6.42 Å². The lowest BCUT2D eigenvalue weighted by molar-refractivity contribution is -0.154. The van der Waals surface area contributed by atoms with Crippen molar-refractivity contribution in [1.82, 2.24) is 0 Å². The Morgan fingerprint density at radius 2 is 1.74 bits per heavy atom. The molecule has 0 saturated carbocycles. The summed E-state index contributed by atoms with van der Waals surface area (Å²) in [5.74, 6) is -3.27. The minimum atomic E-state index is -1.22. The number of para-hydroxylation sites is 1. The molecule has 1 unspecified atom stereocenters. The van der Waals surface area contributed by atoms with Gasteiger partial charge in [0.25, 0.3) is 0 Å². The fourth-order valence-corrected chi connectivity index (χ4v) is 1.43. The van der Waals surface area contributed by atoms with Gasteiger partial charge in [-0.05, 0) is 12.1 Å². The molecule has 1 aromatic rings. The van der Waals surface area contributed by atoms with Crippen LogP contribution in [0.4, 0.5) is 5.69 Å². The molecule has 19 heavy (non-hydrogen) atoms. The molecule has 6 nitrogen and oxygen atoms in total. The average Bonchev–Trinajstić information content (AvgIpc) is 2.44. The SMILES string of the molecule is COC(=O)CC(C(=O)Nc1ccccc1)C(=O)OC. The lowest BCUT2D eigenvalue weighted by Crippen LogP contribution is -2.32. The highest BCUT2D eigenvalue weighted by atomic mass is 16.5. The summed E-state index contributed by atoms with van der Waals surface area (Å²) in [5, 5.41) is 2.54. The number of rotatable bonds is 5. The van der Waals surface area contributed by atoms with Gasteiger partial charge in [-0.3, -0.25) is 14.4 Å². The number of amides is 1. The molecule has 0 saturated heterocycles. The summed E-state index contributed by atoms with van der Waals surface area (Å²) in [6, 6.07) is 8.61. The molecule has 6 heteroatoms. The first-order chi connectivity index (χ1) is 9.08. The summed E-state index contributed by atoms with van der Waals surface area (Å²) in [5.41, 5.74) is 0.534. The molecule has 1 N–H and O–H groups in total. The minimum Gasteiger partial charge on any atom is -0.469 e. The molecule has 1 amide bonds. The van der Waals surface area contributed by atoms with E-state index in [4.69, 9.17) is 0 Å². The molecule has 0 spiro atoms. The van der Waals surface area contributed by atoms with E-state index in [1.165, 1.54) is 7.11 Å². The van der Waals surface area contributed by atoms with Gasteiger partial charge in [-0.2, -0.15) is 0 Å². The molecule has 0 fully saturated rings. The van der Waals surface area contributed by atoms with E-state index >= 15 is 0 Å². The fraction of sp³-hybridized carbons (Fsp3) is 0.308. The van der Waals surface area contributed by atoms with E-state index in [-0.39, 0.29) is 6.42 Å². The first-order valence-corrected chi connectivity index (χ1v) is 5.59. The van der Waals surface area contributed by atoms with Crippen molar-refractivity contribution in [3.8, 4) is 0 Å². The summed E-state index contributed by atoms with van der Waals surface area (Å²) in [6.07, 6.45) is -0.359. The van der Waals surface area contributed by atoms with Crippen molar-refractivity contribution < 1.29 is 23.9 Å². The highest BCUT2D eigenvalue weighted by Crippen LogP contribution is 2.12. The number of carbonyl (C=O) groups excluding carboxylic acids is 3. The molecule has 0 aromatic heterocycles. The Labute approximate surface area is 110 Å². The molecule has 0 heterocycles. The van der Waals surface area contributed by atoms with Gasteiger partial charge in [0.15, 0.2) is 0 Å². The number of hydrogen-bond acceptors (Lipinski definition) is 5. The maximum Gasteiger partial charge on any atom is 0.318 e. The Morgan fingerprint density at radius 1 is 1.11 bits per heavy atom. The second-order valence-corrected chi connectivity index (χ2v) is 3.71. The molecule has 0 aliphatic heterocycles. The number of anilines is 1. The van der Waals surface area contributed by atoms with Crippen molar-refractivity contribution in [3.63, 3.8) is 0 Å². The number of carbonyl (C=O) groups is 3. The normalized spacial score (nSPS) is 11.3. The monoisotopic (exact) mass is 265 g/mol. The first kappa shape index (κ1) is 14.7. The molecule has 1 rings (SSSR count). The van der Waals surface area contributed by atoms with Gasteiger partial charge in [-0.15, -0.1) is 0 Å². The number of nitrogens with one attached hydrogen (secondary N) is 1. The van der Waals surface area contributed by atoms with Crippen LogP contribution < -0.4 is 5.32 Å². The second kappa shape index (κ2) is 7.15. The zero-order chi connectivity index (χ0) is 14.3. The van der Waals surface area contributed by atoms with Crippen molar-refractivity contribution in [2.75, 3.05) is 19.5 Å². The summed E-state index contributed by atoms with van der Waals surface area (Å²) >= 11 is 0. The minimum absolute atomic E-state index is 0.359. The van der Waals surface area contributed by atoms with Crippen LogP contribution in [0.5, 0.6) is 0 Å². The molecular formula is C13H15NO5. The quantitative estimate of drug-likeness (QED) is 0.634. The van der Waals surface area contributed by atoms with Gasteiger partial charge >= 0.3 is 11.9 Å². The number of ether oxygens (including phenoxy) is 2. The van der Waals surface area contributed by atoms with E-state index < -0.39 is 23.8 Å². The van der Waals surface area contributed by atoms with Crippen molar-refractivity contribution in [3.05, 3.63) is 30.3 Å². The van der Waals surface area contributed by atoms with E-state index in [1.807, 2.05) is 0 Å². The maximum absolute atomic E-state index is 11.9. The predicted molar refractivity (Wildman–Crippen MR) is 67.2 cm³/mol. The van der Waals surface area contributed by atoms with E-state index in [9.17, 15) is 14.4 Å². The van der Waals surface area contributed by atoms with Crippen molar-refractivity contribution >= 4 is 23.5 Å². The summed E-state index contributed by atoms with van der Waals surface area (Å²) in [6.45, 7) is 0. The van der Waals surface area contributed by atoms with E-state index in [0.29, 0.717) is 5.69 Å². The van der Waals surface area contributed by atoms with Gasteiger partial charge in [-0.25, -0.2) is 0 Å². The van der Waals surface area contributed by atoms with Gasteiger partial charge in [0.2, 0.25) is 5.91 Å². The fourth-order valence-electron chi connectivity index (χ4n) is 1.43. The predicted octanol–water partition coefficient (Wildman–Crippen LogP) is 0.977. The Kier molecular flexibility index (Phi) is 5.53. The third kappa shape index (κ3) is 4.42. The van der Waals surface area contributed by atoms with Crippen LogP contribution in [0.25, 0.3) is 0 Å². The summed E-state index contributed by atoms with van der Waals surface area (Å²) < 4.78 is 8.96. The van der Waals surface area contributed by atoms with Crippen LogP contribution in [0.15, 0.2) is 30.3 Å². The van der Waals surface area contributed by atoms with Crippen LogP contribution in [0, 0.1) is 5.92 Å².